The summed E-state index contributed by atoms with van der Waals surface area (Å²) in [4.78, 5) is 4.47. The zero-order valence-electron chi connectivity index (χ0n) is 10.3. The molecule has 4 heteroatoms. The standard InChI is InChI=1S/C14H15N3O/c1-18-8-4-7-16-14-12(10-15)9-11-5-2-3-6-13(11)17-14/h2-3,5-6,9H,4,7-8H2,1H3,(H,16,17). The third-order valence-corrected chi connectivity index (χ3v) is 2.66. The molecule has 0 aliphatic rings. The molecule has 1 N–H and O–H groups in total. The molecule has 1 heterocycles. The van der Waals surface area contributed by atoms with E-state index in [1.165, 1.54) is 0 Å². The molecule has 0 amide bonds. The summed E-state index contributed by atoms with van der Waals surface area (Å²) < 4.78 is 4.98. The summed E-state index contributed by atoms with van der Waals surface area (Å²) in [5.41, 5.74) is 1.47. The number of rotatable bonds is 5. The van der Waals surface area contributed by atoms with Crippen LogP contribution in [0.25, 0.3) is 10.9 Å². The Kier molecular flexibility index (Phi) is 4.11. The zero-order valence-corrected chi connectivity index (χ0v) is 10.3. The Morgan fingerprint density at radius 3 is 3.00 bits per heavy atom. The van der Waals surface area contributed by atoms with Crippen molar-refractivity contribution < 1.29 is 4.74 Å². The van der Waals surface area contributed by atoms with Gasteiger partial charge in [-0.1, -0.05) is 18.2 Å². The van der Waals surface area contributed by atoms with Crippen LogP contribution in [0.3, 0.4) is 0 Å². The fourth-order valence-electron chi connectivity index (χ4n) is 1.76. The first kappa shape index (κ1) is 12.3. The van der Waals surface area contributed by atoms with E-state index in [1.807, 2.05) is 30.3 Å². The van der Waals surface area contributed by atoms with E-state index in [2.05, 4.69) is 16.4 Å². The lowest BCUT2D eigenvalue weighted by Gasteiger charge is -2.08. The monoisotopic (exact) mass is 241 g/mol. The molecule has 0 radical (unpaired) electrons. The first-order valence-electron chi connectivity index (χ1n) is 5.88. The van der Waals surface area contributed by atoms with E-state index < -0.39 is 0 Å². The van der Waals surface area contributed by atoms with Crippen molar-refractivity contribution in [3.8, 4) is 6.07 Å². The van der Waals surface area contributed by atoms with Crippen LogP contribution in [-0.4, -0.2) is 25.2 Å². The van der Waals surface area contributed by atoms with Crippen molar-refractivity contribution in [2.75, 3.05) is 25.6 Å². The SMILES string of the molecule is COCCCNc1nc2ccccc2cc1C#N. The highest BCUT2D eigenvalue weighted by Crippen LogP contribution is 2.19. The van der Waals surface area contributed by atoms with Crippen LogP contribution in [0.4, 0.5) is 5.82 Å². The zero-order chi connectivity index (χ0) is 12.8. The number of nitrogens with one attached hydrogen (secondary N) is 1. The number of benzene rings is 1. The van der Waals surface area contributed by atoms with Gasteiger partial charge in [0.2, 0.25) is 0 Å². The molecule has 2 rings (SSSR count). The van der Waals surface area contributed by atoms with E-state index in [-0.39, 0.29) is 0 Å². The number of pyridine rings is 1. The second-order valence-electron chi connectivity index (χ2n) is 3.96. The van der Waals surface area contributed by atoms with Crippen LogP contribution in [0.5, 0.6) is 0 Å². The first-order valence-corrected chi connectivity index (χ1v) is 5.88. The average Bonchev–Trinajstić information content (AvgIpc) is 2.42. The van der Waals surface area contributed by atoms with Gasteiger partial charge in [-0.3, -0.25) is 0 Å². The molecular weight excluding hydrogens is 226 g/mol. The third kappa shape index (κ3) is 2.76. The summed E-state index contributed by atoms with van der Waals surface area (Å²) in [6.45, 7) is 1.44. The van der Waals surface area contributed by atoms with Crippen molar-refractivity contribution in [2.45, 2.75) is 6.42 Å². The van der Waals surface area contributed by atoms with Crippen LogP contribution in [0.15, 0.2) is 30.3 Å². The molecule has 0 bridgehead atoms. The Morgan fingerprint density at radius 1 is 1.39 bits per heavy atom. The molecule has 0 atom stereocenters. The molecule has 4 nitrogen and oxygen atoms in total. The van der Waals surface area contributed by atoms with Gasteiger partial charge in [0.05, 0.1) is 11.1 Å². The maximum atomic E-state index is 9.13. The van der Waals surface area contributed by atoms with Gasteiger partial charge >= 0.3 is 0 Å². The summed E-state index contributed by atoms with van der Waals surface area (Å²) in [6, 6.07) is 11.8. The van der Waals surface area contributed by atoms with Gasteiger partial charge < -0.3 is 10.1 Å². The molecule has 1 aromatic carbocycles. The van der Waals surface area contributed by atoms with Gasteiger partial charge in [0, 0.05) is 25.6 Å². The maximum absolute atomic E-state index is 9.13. The van der Waals surface area contributed by atoms with Gasteiger partial charge in [0.15, 0.2) is 0 Å². The van der Waals surface area contributed by atoms with Crippen molar-refractivity contribution in [1.82, 2.24) is 4.98 Å². The molecular formula is C14H15N3O. The van der Waals surface area contributed by atoms with Gasteiger partial charge in [-0.2, -0.15) is 5.26 Å². The quantitative estimate of drug-likeness (QED) is 0.817. The highest BCUT2D eigenvalue weighted by atomic mass is 16.5. The highest BCUT2D eigenvalue weighted by molar-refractivity contribution is 5.82. The Hall–Kier alpha value is -2.12. The van der Waals surface area contributed by atoms with Gasteiger partial charge in [-0.15, -0.1) is 0 Å². The van der Waals surface area contributed by atoms with Crippen molar-refractivity contribution in [2.24, 2.45) is 0 Å². The molecule has 0 aliphatic carbocycles. The van der Waals surface area contributed by atoms with Crippen molar-refractivity contribution in [3.05, 3.63) is 35.9 Å². The number of fused-ring (bicyclic) bond motifs is 1. The van der Waals surface area contributed by atoms with E-state index in [0.717, 1.165) is 23.9 Å². The Morgan fingerprint density at radius 2 is 2.22 bits per heavy atom. The van der Waals surface area contributed by atoms with E-state index in [9.17, 15) is 0 Å². The molecule has 0 spiro atoms. The number of para-hydroxylation sites is 1. The summed E-state index contributed by atoms with van der Waals surface area (Å²) in [7, 11) is 1.68. The van der Waals surface area contributed by atoms with Crippen LogP contribution in [0.2, 0.25) is 0 Å². The number of hydrogen-bond acceptors (Lipinski definition) is 4. The van der Waals surface area contributed by atoms with Gasteiger partial charge in [-0.05, 0) is 18.6 Å². The largest absolute Gasteiger partial charge is 0.385 e. The summed E-state index contributed by atoms with van der Waals surface area (Å²) in [6.07, 6.45) is 0.885. The molecule has 92 valence electrons. The Bertz CT molecular complexity index is 575. The Labute approximate surface area is 106 Å². The predicted molar refractivity (Wildman–Crippen MR) is 71.4 cm³/mol. The number of nitrogens with zero attached hydrogens (tertiary/aromatic N) is 2. The molecule has 0 saturated heterocycles. The van der Waals surface area contributed by atoms with E-state index in [4.69, 9.17) is 10.00 Å². The fourth-order valence-corrected chi connectivity index (χ4v) is 1.76. The molecule has 0 unspecified atom stereocenters. The van der Waals surface area contributed by atoms with Gasteiger partial charge in [0.25, 0.3) is 0 Å². The molecule has 0 saturated carbocycles. The molecule has 0 aliphatic heterocycles. The maximum Gasteiger partial charge on any atom is 0.144 e. The molecule has 0 fully saturated rings. The van der Waals surface area contributed by atoms with E-state index in [0.29, 0.717) is 18.0 Å². The van der Waals surface area contributed by atoms with Crippen LogP contribution in [-0.2, 0) is 4.74 Å². The van der Waals surface area contributed by atoms with Crippen molar-refractivity contribution >= 4 is 16.7 Å². The predicted octanol–water partition coefficient (Wildman–Crippen LogP) is 2.55. The van der Waals surface area contributed by atoms with Gasteiger partial charge in [-0.25, -0.2) is 4.98 Å². The number of methoxy groups -OCH3 is 1. The van der Waals surface area contributed by atoms with Crippen LogP contribution in [0.1, 0.15) is 12.0 Å². The minimum atomic E-state index is 0.575. The highest BCUT2D eigenvalue weighted by Gasteiger charge is 2.05. The van der Waals surface area contributed by atoms with E-state index >= 15 is 0 Å². The number of anilines is 1. The van der Waals surface area contributed by atoms with Crippen molar-refractivity contribution in [3.63, 3.8) is 0 Å². The first-order chi connectivity index (χ1) is 8.85. The number of nitriles is 1. The fraction of sp³-hybridized carbons (Fsp3) is 0.286. The second kappa shape index (κ2) is 5.99. The lowest BCUT2D eigenvalue weighted by atomic mass is 10.1. The summed E-state index contributed by atoms with van der Waals surface area (Å²) >= 11 is 0. The summed E-state index contributed by atoms with van der Waals surface area (Å²) in [5, 5.41) is 13.3. The topological polar surface area (TPSA) is 57.9 Å². The van der Waals surface area contributed by atoms with Crippen LogP contribution >= 0.6 is 0 Å². The lowest BCUT2D eigenvalue weighted by molar-refractivity contribution is 0.198. The summed E-state index contributed by atoms with van der Waals surface area (Å²) in [5.74, 6) is 0.646. The molecule has 18 heavy (non-hydrogen) atoms. The minimum absolute atomic E-state index is 0.575. The Balaban J connectivity index is 2.23. The normalized spacial score (nSPS) is 10.2. The van der Waals surface area contributed by atoms with Crippen molar-refractivity contribution in [1.29, 1.82) is 5.26 Å². The van der Waals surface area contributed by atoms with Crippen LogP contribution in [0, 0.1) is 11.3 Å². The number of aromatic nitrogens is 1. The van der Waals surface area contributed by atoms with Gasteiger partial charge in [0.1, 0.15) is 11.9 Å². The van der Waals surface area contributed by atoms with Crippen LogP contribution < -0.4 is 5.32 Å². The van der Waals surface area contributed by atoms with E-state index in [1.54, 1.807) is 7.11 Å². The lowest BCUT2D eigenvalue weighted by Crippen LogP contribution is -2.07. The third-order valence-electron chi connectivity index (χ3n) is 2.66. The number of ether oxygens (including phenoxy) is 1. The minimum Gasteiger partial charge on any atom is -0.385 e. The molecule has 1 aromatic heterocycles. The number of hydrogen-bond donors (Lipinski definition) is 1. The molecule has 2 aromatic rings. The smallest absolute Gasteiger partial charge is 0.144 e. The average molecular weight is 241 g/mol. The second-order valence-corrected chi connectivity index (χ2v) is 3.96.